The molecular formula is C63H66BBrF10N8O12. The van der Waals surface area contributed by atoms with Gasteiger partial charge in [-0.2, -0.15) is 26.3 Å². The number of esters is 1. The molecule has 510 valence electrons. The summed E-state index contributed by atoms with van der Waals surface area (Å²) in [6.45, 7) is 6.50. The summed E-state index contributed by atoms with van der Waals surface area (Å²) in [5.41, 5.74) is 2.20. The monoisotopic (exact) mass is 1410 g/mol. The lowest BCUT2D eigenvalue weighted by Crippen LogP contribution is -2.44. The standard InChI is InChI=1S/C31H31F5N4O5.C22H20BrF5N4O3.C10H15BO4/c1-5-16-11-23(44-3)26(24(12-16)45-4)19-8-7-18(40-10-9-37-28(19)40)15-22(30(42)43)39-29(41)27-20(32)13-17(14-21(27)33)38-25(6-2)31(34,35)36;1-3-17(22(26,27)28)30-11-8-14(24)18(15(25)9-11)20(33)31-16(21(34)35-2)10-12-4-5-13(23)19-29-6-7-32(12)19;1-4-7-5-8(14-2)10(11(12)13)9(6-7)15-3/h7-14,22,25,38H,5-6,15H2,1-4H3,(H,39,41)(H,42,43);4-9,16-17,30H,3,10H2,1-2H3,(H,31,33);5-6,12-13H,4H2,1-3H3/t22-,25+;16-,17+;/m00./s1. The van der Waals surface area contributed by atoms with Crippen LogP contribution in [0.15, 0.2) is 102 Å². The molecule has 4 aromatic heterocycles. The van der Waals surface area contributed by atoms with Crippen LogP contribution in [0.3, 0.4) is 0 Å². The SMILES string of the molecule is CC[C@@H](Nc1cc(F)c(C(=O)N[C@@H](Cc2ccc(Br)c3nccn23)C(=O)OC)c(F)c1)C(F)(F)F.CCc1cc(OC)c(-c2ccc(C[C@H](NC(=O)c3c(F)cc(N[C@H](CC)C(F)(F)F)cc3F)C(=O)O)n3ccnc23)c(OC)c1.CCc1cc(OC)c(B(O)O)c(OC)c1. The molecule has 4 atom stereocenters. The predicted molar refractivity (Wildman–Crippen MR) is 335 cm³/mol. The van der Waals surface area contributed by atoms with Crippen molar-refractivity contribution in [1.82, 2.24) is 29.4 Å². The van der Waals surface area contributed by atoms with Gasteiger partial charge in [0, 0.05) is 66.0 Å². The fraction of sp³-hybridized carbons (Fsp3) is 0.333. The molecule has 20 nitrogen and oxygen atoms in total. The number of hydrogen-bond acceptors (Lipinski definition) is 15. The van der Waals surface area contributed by atoms with Crippen molar-refractivity contribution in [1.29, 1.82) is 0 Å². The van der Waals surface area contributed by atoms with Crippen molar-refractivity contribution >= 4 is 74.9 Å². The van der Waals surface area contributed by atoms with Crippen LogP contribution in [0.2, 0.25) is 0 Å². The van der Waals surface area contributed by atoms with Crippen molar-refractivity contribution in [2.45, 2.75) is 103 Å². The second-order valence-electron chi connectivity index (χ2n) is 20.8. The number of aromatic nitrogens is 4. The number of carboxylic acids is 1. The second-order valence-corrected chi connectivity index (χ2v) is 21.6. The number of amides is 2. The van der Waals surface area contributed by atoms with Crippen molar-refractivity contribution in [3.8, 4) is 34.1 Å². The molecule has 0 fully saturated rings. The highest BCUT2D eigenvalue weighted by Gasteiger charge is 2.40. The van der Waals surface area contributed by atoms with Crippen LogP contribution in [0.1, 0.15) is 83.8 Å². The number of aliphatic carboxylic acids is 1. The van der Waals surface area contributed by atoms with E-state index in [-0.39, 0.29) is 24.7 Å². The number of methoxy groups -OCH3 is 5. The molecule has 0 aliphatic heterocycles. The van der Waals surface area contributed by atoms with Gasteiger partial charge in [0.15, 0.2) is 5.65 Å². The number of anilines is 2. The summed E-state index contributed by atoms with van der Waals surface area (Å²) in [4.78, 5) is 58.7. The maximum absolute atomic E-state index is 14.8. The Morgan fingerprint density at radius 3 is 1.35 bits per heavy atom. The molecular weight excluding hydrogens is 1340 g/mol. The maximum Gasteiger partial charge on any atom is 0.496 e. The van der Waals surface area contributed by atoms with Gasteiger partial charge >= 0.3 is 31.4 Å². The molecule has 0 saturated heterocycles. The molecule has 32 heteroatoms. The number of imidazole rings is 2. The van der Waals surface area contributed by atoms with Gasteiger partial charge in [-0.15, -0.1) is 0 Å². The highest BCUT2D eigenvalue weighted by Crippen LogP contribution is 2.42. The third-order valence-corrected chi connectivity index (χ3v) is 15.4. The number of aryl methyl sites for hydroxylation is 2. The third-order valence-electron chi connectivity index (χ3n) is 14.8. The number of halogens is 11. The Hall–Kier alpha value is -9.30. The van der Waals surface area contributed by atoms with E-state index >= 15 is 0 Å². The Balaban J connectivity index is 0.000000252. The fourth-order valence-electron chi connectivity index (χ4n) is 9.91. The van der Waals surface area contributed by atoms with E-state index in [1.54, 1.807) is 57.6 Å². The van der Waals surface area contributed by atoms with Crippen LogP contribution in [-0.4, -0.2) is 137 Å². The number of nitrogens with zero attached hydrogens (tertiary/aromatic N) is 4. The Morgan fingerprint density at radius 2 is 0.968 bits per heavy atom. The van der Waals surface area contributed by atoms with Crippen LogP contribution in [0.5, 0.6) is 23.0 Å². The van der Waals surface area contributed by atoms with E-state index in [9.17, 15) is 78.2 Å². The molecule has 0 saturated carbocycles. The number of carboxylic acid groups (broad SMARTS) is 1. The van der Waals surface area contributed by atoms with E-state index in [4.69, 9.17) is 23.7 Å². The quantitative estimate of drug-likeness (QED) is 0.0169. The normalized spacial score (nSPS) is 12.6. The number of ether oxygens (including phenoxy) is 5. The van der Waals surface area contributed by atoms with Gasteiger partial charge in [-0.3, -0.25) is 9.59 Å². The van der Waals surface area contributed by atoms with E-state index in [0.717, 1.165) is 31.1 Å². The van der Waals surface area contributed by atoms with E-state index in [1.807, 2.05) is 36.6 Å². The summed E-state index contributed by atoms with van der Waals surface area (Å²) in [6.07, 6.45) is -2.73. The first-order chi connectivity index (χ1) is 44.9. The van der Waals surface area contributed by atoms with E-state index in [2.05, 4.69) is 36.5 Å². The lowest BCUT2D eigenvalue weighted by Gasteiger charge is -2.22. The molecule has 0 spiro atoms. The lowest BCUT2D eigenvalue weighted by atomic mass is 9.78. The van der Waals surface area contributed by atoms with Crippen molar-refractivity contribution in [2.75, 3.05) is 46.2 Å². The highest BCUT2D eigenvalue weighted by molar-refractivity contribution is 9.10. The van der Waals surface area contributed by atoms with Gasteiger partial charge in [0.25, 0.3) is 11.8 Å². The van der Waals surface area contributed by atoms with E-state index in [0.29, 0.717) is 85.5 Å². The van der Waals surface area contributed by atoms with Crippen molar-refractivity contribution < 1.29 is 102 Å². The molecule has 4 heterocycles. The Kier molecular flexibility index (Phi) is 25.7. The zero-order chi connectivity index (χ0) is 70.4. The largest absolute Gasteiger partial charge is 0.497 e. The summed E-state index contributed by atoms with van der Waals surface area (Å²) in [5.74, 6) is -8.82. The van der Waals surface area contributed by atoms with E-state index < -0.39 is 120 Å². The number of rotatable bonds is 24. The minimum Gasteiger partial charge on any atom is -0.497 e. The van der Waals surface area contributed by atoms with Crippen molar-refractivity contribution in [3.05, 3.63) is 159 Å². The first-order valence-corrected chi connectivity index (χ1v) is 29.7. The minimum absolute atomic E-state index is 0.106. The zero-order valence-corrected chi connectivity index (χ0v) is 53.9. The summed E-state index contributed by atoms with van der Waals surface area (Å²) in [6, 6.07) is 9.15. The number of benzene rings is 4. The smallest absolute Gasteiger partial charge is 0.496 e. The molecule has 0 aliphatic rings. The van der Waals surface area contributed by atoms with Crippen LogP contribution < -0.4 is 45.7 Å². The van der Waals surface area contributed by atoms with Gasteiger partial charge < -0.3 is 68.9 Å². The molecule has 8 aromatic rings. The van der Waals surface area contributed by atoms with Crippen molar-refractivity contribution in [2.24, 2.45) is 0 Å². The topological polar surface area (TPSA) is 258 Å². The molecule has 0 aliphatic carbocycles. The van der Waals surface area contributed by atoms with Crippen LogP contribution in [0.4, 0.5) is 55.3 Å². The Morgan fingerprint density at radius 1 is 0.579 bits per heavy atom. The summed E-state index contributed by atoms with van der Waals surface area (Å²) in [7, 11) is 5.51. The maximum atomic E-state index is 14.8. The summed E-state index contributed by atoms with van der Waals surface area (Å²) < 4.78 is 167. The van der Waals surface area contributed by atoms with Gasteiger partial charge in [-0.1, -0.05) is 27.7 Å². The summed E-state index contributed by atoms with van der Waals surface area (Å²) in [5, 5.41) is 36.7. The Labute approximate surface area is 546 Å². The van der Waals surface area contributed by atoms with Gasteiger partial charge in [0.1, 0.15) is 87.2 Å². The zero-order valence-electron chi connectivity index (χ0n) is 52.3. The molecule has 95 heavy (non-hydrogen) atoms. The number of pyridine rings is 2. The average molecular weight is 1410 g/mol. The molecule has 7 N–H and O–H groups in total. The fourth-order valence-corrected chi connectivity index (χ4v) is 10.3. The predicted octanol–water partition coefficient (Wildman–Crippen LogP) is 10.6. The molecule has 8 rings (SSSR count). The lowest BCUT2D eigenvalue weighted by molar-refractivity contribution is -0.143. The molecule has 2 amide bonds. The third kappa shape index (κ3) is 18.1. The van der Waals surface area contributed by atoms with Crippen molar-refractivity contribution in [3.63, 3.8) is 0 Å². The van der Waals surface area contributed by atoms with Gasteiger partial charge in [0.05, 0.1) is 51.0 Å². The number of alkyl halides is 6. The highest BCUT2D eigenvalue weighted by atomic mass is 79.9. The summed E-state index contributed by atoms with van der Waals surface area (Å²) >= 11 is 3.35. The molecule has 0 radical (unpaired) electrons. The van der Waals surface area contributed by atoms with Crippen LogP contribution >= 0.6 is 15.9 Å². The Bertz CT molecular complexity index is 3950. The molecule has 0 unspecified atom stereocenters. The first-order valence-electron chi connectivity index (χ1n) is 28.9. The number of carbonyl (C=O) groups excluding carboxylic acids is 3. The average Bonchev–Trinajstić information content (AvgIpc) is 1.75. The minimum atomic E-state index is -4.68. The van der Waals surface area contributed by atoms with Crippen LogP contribution in [-0.2, 0) is 40.0 Å². The van der Waals surface area contributed by atoms with E-state index in [1.165, 1.54) is 54.7 Å². The number of nitrogens with one attached hydrogen (secondary N) is 4. The van der Waals surface area contributed by atoms with Gasteiger partial charge in [0.2, 0.25) is 0 Å². The van der Waals surface area contributed by atoms with Gasteiger partial charge in [-0.05, 0) is 126 Å². The number of carbonyl (C=O) groups is 4. The van der Waals surface area contributed by atoms with Crippen LogP contribution in [0.25, 0.3) is 22.4 Å². The number of hydrogen-bond donors (Lipinski definition) is 7. The van der Waals surface area contributed by atoms with Crippen LogP contribution in [0, 0.1) is 23.3 Å². The van der Waals surface area contributed by atoms with Gasteiger partial charge in [-0.25, -0.2) is 37.1 Å². The molecule has 4 aromatic carbocycles. The second kappa shape index (κ2) is 32.7. The molecule has 0 bridgehead atoms. The number of fused-ring (bicyclic) bond motifs is 2. The first kappa shape index (κ1) is 74.7.